The number of carboxylic acid groups (broad SMARTS) is 1. The molecule has 1 amide bonds. The Morgan fingerprint density at radius 3 is 2.48 bits per heavy atom. The number of aromatic carboxylic acids is 1. The number of amides is 1. The van der Waals surface area contributed by atoms with Crippen LogP contribution < -0.4 is 5.32 Å². The maximum Gasteiger partial charge on any atom is 0.335 e. The van der Waals surface area contributed by atoms with Crippen LogP contribution in [0.15, 0.2) is 24.3 Å². The van der Waals surface area contributed by atoms with E-state index < -0.39 is 5.97 Å². The molecule has 2 fully saturated rings. The van der Waals surface area contributed by atoms with E-state index in [1.807, 2.05) is 0 Å². The van der Waals surface area contributed by atoms with Crippen molar-refractivity contribution in [3.05, 3.63) is 35.4 Å². The number of ether oxygens (including phenoxy) is 1. The molecule has 1 aliphatic heterocycles. The quantitative estimate of drug-likeness (QED) is 0.891. The van der Waals surface area contributed by atoms with Crippen molar-refractivity contribution < 1.29 is 19.4 Å². The molecule has 0 radical (unpaired) electrons. The first kappa shape index (κ1) is 14.1. The summed E-state index contributed by atoms with van der Waals surface area (Å²) < 4.78 is 5.71. The zero-order valence-corrected chi connectivity index (χ0v) is 12.1. The van der Waals surface area contributed by atoms with Crippen LogP contribution in [0.3, 0.4) is 0 Å². The molecule has 21 heavy (non-hydrogen) atoms. The number of nitrogens with one attached hydrogen (secondary N) is 1. The van der Waals surface area contributed by atoms with Crippen LogP contribution >= 0.6 is 0 Å². The number of rotatable bonds is 3. The second kappa shape index (κ2) is 4.84. The van der Waals surface area contributed by atoms with Crippen molar-refractivity contribution >= 4 is 11.9 Å². The van der Waals surface area contributed by atoms with Gasteiger partial charge in [0.15, 0.2) is 0 Å². The van der Waals surface area contributed by atoms with Crippen molar-refractivity contribution in [2.45, 2.75) is 32.4 Å². The highest BCUT2D eigenvalue weighted by molar-refractivity contribution is 5.96. The molecule has 5 nitrogen and oxygen atoms in total. The highest BCUT2D eigenvalue weighted by Crippen LogP contribution is 2.52. The van der Waals surface area contributed by atoms with E-state index in [-0.39, 0.29) is 29.0 Å². The molecule has 0 spiro atoms. The number of hydrogen-bond acceptors (Lipinski definition) is 3. The number of benzene rings is 1. The van der Waals surface area contributed by atoms with Gasteiger partial charge in [-0.2, -0.15) is 0 Å². The summed E-state index contributed by atoms with van der Waals surface area (Å²) in [5.74, 6) is -0.759. The predicted molar refractivity (Wildman–Crippen MR) is 76.3 cm³/mol. The van der Waals surface area contributed by atoms with Crippen molar-refractivity contribution in [1.29, 1.82) is 0 Å². The van der Waals surface area contributed by atoms with Crippen molar-refractivity contribution in [1.82, 2.24) is 5.32 Å². The van der Waals surface area contributed by atoms with E-state index >= 15 is 0 Å². The van der Waals surface area contributed by atoms with Gasteiger partial charge in [-0.25, -0.2) is 4.79 Å². The van der Waals surface area contributed by atoms with Crippen LogP contribution in [0.25, 0.3) is 0 Å². The van der Waals surface area contributed by atoms with Gasteiger partial charge < -0.3 is 15.2 Å². The summed E-state index contributed by atoms with van der Waals surface area (Å²) in [6, 6.07) is 6.10. The summed E-state index contributed by atoms with van der Waals surface area (Å²) >= 11 is 0. The van der Waals surface area contributed by atoms with Gasteiger partial charge >= 0.3 is 5.97 Å². The fourth-order valence-electron chi connectivity index (χ4n) is 3.61. The van der Waals surface area contributed by atoms with Gasteiger partial charge in [0.05, 0.1) is 11.7 Å². The molecule has 3 atom stereocenters. The molecular weight excluding hydrogens is 270 g/mol. The van der Waals surface area contributed by atoms with Crippen molar-refractivity contribution in [3.63, 3.8) is 0 Å². The molecule has 1 aromatic carbocycles. The molecule has 0 bridgehead atoms. The number of carbonyl (C=O) groups excluding carboxylic acids is 1. The van der Waals surface area contributed by atoms with E-state index in [1.165, 1.54) is 12.1 Å². The van der Waals surface area contributed by atoms with Gasteiger partial charge in [-0.15, -0.1) is 0 Å². The zero-order valence-electron chi connectivity index (χ0n) is 12.1. The molecule has 1 saturated heterocycles. The number of carboxylic acids is 1. The molecule has 2 N–H and O–H groups in total. The molecule has 1 heterocycles. The van der Waals surface area contributed by atoms with Crippen LogP contribution in [0.2, 0.25) is 0 Å². The largest absolute Gasteiger partial charge is 0.478 e. The van der Waals surface area contributed by atoms with Gasteiger partial charge in [0.25, 0.3) is 5.91 Å². The molecule has 0 unspecified atom stereocenters. The Labute approximate surface area is 123 Å². The lowest BCUT2D eigenvalue weighted by Gasteiger charge is -2.54. The summed E-state index contributed by atoms with van der Waals surface area (Å²) in [5.41, 5.74) is 0.607. The van der Waals surface area contributed by atoms with E-state index in [4.69, 9.17) is 9.84 Å². The minimum atomic E-state index is -0.993. The SMILES string of the molecule is CC1(C)[C@H](NC(=O)c2ccc(C(=O)O)cc2)[C@@H]2CCO[C@@H]21. The maximum atomic E-state index is 12.3. The number of fused-ring (bicyclic) bond motifs is 1. The first-order valence-electron chi connectivity index (χ1n) is 7.17. The topological polar surface area (TPSA) is 75.6 Å². The van der Waals surface area contributed by atoms with Gasteiger partial charge in [0.2, 0.25) is 0 Å². The lowest BCUT2D eigenvalue weighted by Crippen LogP contribution is -2.66. The molecule has 0 aromatic heterocycles. The Morgan fingerprint density at radius 2 is 1.86 bits per heavy atom. The summed E-state index contributed by atoms with van der Waals surface area (Å²) in [4.78, 5) is 23.1. The van der Waals surface area contributed by atoms with Gasteiger partial charge in [0.1, 0.15) is 0 Å². The van der Waals surface area contributed by atoms with E-state index in [0.717, 1.165) is 13.0 Å². The fourth-order valence-corrected chi connectivity index (χ4v) is 3.61. The number of carbonyl (C=O) groups is 2. The Kier molecular flexibility index (Phi) is 3.24. The molecule has 1 aromatic rings. The van der Waals surface area contributed by atoms with Crippen LogP contribution in [0.4, 0.5) is 0 Å². The van der Waals surface area contributed by atoms with Crippen molar-refractivity contribution in [2.24, 2.45) is 11.3 Å². The first-order valence-corrected chi connectivity index (χ1v) is 7.17. The van der Waals surface area contributed by atoms with Crippen LogP contribution in [0.1, 0.15) is 41.0 Å². The molecule has 112 valence electrons. The first-order chi connectivity index (χ1) is 9.91. The van der Waals surface area contributed by atoms with E-state index in [9.17, 15) is 9.59 Å². The van der Waals surface area contributed by atoms with Gasteiger partial charge in [-0.3, -0.25) is 4.79 Å². The molecule has 5 heteroatoms. The van der Waals surface area contributed by atoms with E-state index in [1.54, 1.807) is 12.1 Å². The monoisotopic (exact) mass is 289 g/mol. The smallest absolute Gasteiger partial charge is 0.335 e. The van der Waals surface area contributed by atoms with Gasteiger partial charge in [-0.1, -0.05) is 13.8 Å². The summed E-state index contributed by atoms with van der Waals surface area (Å²) in [6.07, 6.45) is 1.22. The minimum absolute atomic E-state index is 0.0577. The highest BCUT2D eigenvalue weighted by atomic mass is 16.5. The third kappa shape index (κ3) is 2.21. The molecule has 1 aliphatic carbocycles. The Hall–Kier alpha value is -1.88. The van der Waals surface area contributed by atoms with Crippen LogP contribution in [-0.2, 0) is 4.74 Å². The van der Waals surface area contributed by atoms with Crippen LogP contribution in [0, 0.1) is 11.3 Å². The normalized spacial score (nSPS) is 29.3. The molecule has 1 saturated carbocycles. The van der Waals surface area contributed by atoms with Gasteiger partial charge in [-0.05, 0) is 30.7 Å². The maximum absolute atomic E-state index is 12.3. The van der Waals surface area contributed by atoms with E-state index in [0.29, 0.717) is 11.5 Å². The number of hydrogen-bond donors (Lipinski definition) is 2. The Balaban J connectivity index is 1.70. The average Bonchev–Trinajstić information content (AvgIpc) is 2.91. The summed E-state index contributed by atoms with van der Waals surface area (Å²) in [5, 5.41) is 11.9. The third-order valence-corrected chi connectivity index (χ3v) is 4.78. The average molecular weight is 289 g/mol. The van der Waals surface area contributed by atoms with E-state index in [2.05, 4.69) is 19.2 Å². The standard InChI is InChI=1S/C16H19NO4/c1-16(2)12(11-7-8-21-13(11)16)17-14(18)9-3-5-10(6-4-9)15(19)20/h3-6,11-13H,7-8H2,1-2H3,(H,17,18)(H,19,20)/t11-,12+,13-/m0/s1. The Morgan fingerprint density at radius 1 is 1.24 bits per heavy atom. The summed E-state index contributed by atoms with van der Waals surface area (Å²) in [6.45, 7) is 4.98. The van der Waals surface area contributed by atoms with Crippen LogP contribution in [-0.4, -0.2) is 35.7 Å². The Bertz CT molecular complexity index is 578. The second-order valence-electron chi connectivity index (χ2n) is 6.40. The third-order valence-electron chi connectivity index (χ3n) is 4.78. The minimum Gasteiger partial charge on any atom is -0.478 e. The molecule has 3 rings (SSSR count). The lowest BCUT2D eigenvalue weighted by atomic mass is 9.57. The van der Waals surface area contributed by atoms with Crippen molar-refractivity contribution in [3.8, 4) is 0 Å². The summed E-state index contributed by atoms with van der Waals surface area (Å²) in [7, 11) is 0. The predicted octanol–water partition coefficient (Wildman–Crippen LogP) is 1.93. The van der Waals surface area contributed by atoms with Gasteiger partial charge in [0, 0.05) is 29.5 Å². The van der Waals surface area contributed by atoms with Crippen molar-refractivity contribution in [2.75, 3.05) is 6.61 Å². The van der Waals surface area contributed by atoms with Crippen LogP contribution in [0.5, 0.6) is 0 Å². The lowest BCUT2D eigenvalue weighted by molar-refractivity contribution is -0.108. The zero-order chi connectivity index (χ0) is 15.2. The highest BCUT2D eigenvalue weighted by Gasteiger charge is 2.59. The fraction of sp³-hybridized carbons (Fsp3) is 0.500. The second-order valence-corrected chi connectivity index (χ2v) is 6.40. The molecule has 2 aliphatic rings. The molecular formula is C16H19NO4.